The summed E-state index contributed by atoms with van der Waals surface area (Å²) < 4.78 is 96.1. The Hall–Kier alpha value is -16.6. The van der Waals surface area contributed by atoms with Crippen molar-refractivity contribution >= 4 is 58.0 Å². The van der Waals surface area contributed by atoms with Crippen LogP contribution < -0.4 is 50.3 Å². The number of aromatic nitrogens is 7. The topological polar surface area (TPSA) is 282 Å². The second-order valence-electron chi connectivity index (χ2n) is 26.2. The molecule has 0 spiro atoms. The zero-order valence-corrected chi connectivity index (χ0v) is 65.4. The molecule has 0 saturated carbocycles. The molecule has 616 valence electrons. The fraction of sp³-hybridized carbons (Fsp3) is 0.0625. The number of alkyl halides is 2. The molecule has 7 aromatic heterocycles. The highest BCUT2D eigenvalue weighted by atomic mass is 19.3. The number of terminal acetylenes is 1. The van der Waals surface area contributed by atoms with E-state index < -0.39 is 46.8 Å². The summed E-state index contributed by atoms with van der Waals surface area (Å²) in [6.07, 6.45) is 21.1. The second-order valence-corrected chi connectivity index (χ2v) is 26.2. The number of ether oxygens (including phenoxy) is 5. The van der Waals surface area contributed by atoms with Gasteiger partial charge in [0.2, 0.25) is 0 Å². The molecular weight excluding hydrogens is 1580 g/mol. The molecular formula is C96H77F5N12O10. The van der Waals surface area contributed by atoms with E-state index in [1.165, 1.54) is 79.3 Å². The smallest absolute Gasteiger partial charge is 0.287 e. The minimum Gasteiger partial charge on any atom is -0.456 e. The van der Waals surface area contributed by atoms with Gasteiger partial charge in [0, 0.05) is 137 Å². The number of aryl methyl sites for hydroxylation is 3. The van der Waals surface area contributed by atoms with Crippen LogP contribution in [-0.4, -0.2) is 64.4 Å². The van der Waals surface area contributed by atoms with E-state index in [9.17, 15) is 45.9 Å². The van der Waals surface area contributed by atoms with E-state index in [2.05, 4.69) is 67.4 Å². The van der Waals surface area contributed by atoms with Gasteiger partial charge < -0.3 is 50.3 Å². The third-order valence-electron chi connectivity index (χ3n) is 16.5. The van der Waals surface area contributed by atoms with E-state index in [1.54, 1.807) is 201 Å². The van der Waals surface area contributed by atoms with Gasteiger partial charge in [-0.25, -0.2) is 23.1 Å². The summed E-state index contributed by atoms with van der Waals surface area (Å²) in [6, 6.07) is 74.1. The second kappa shape index (κ2) is 44.1. The predicted octanol–water partition coefficient (Wildman–Crippen LogP) is 22.5. The lowest BCUT2D eigenvalue weighted by molar-refractivity contribution is 0.0126. The van der Waals surface area contributed by atoms with E-state index in [4.69, 9.17) is 30.1 Å². The summed E-state index contributed by atoms with van der Waals surface area (Å²) in [4.78, 5) is 88.7. The minimum atomic E-state index is -3.12. The van der Waals surface area contributed by atoms with Crippen molar-refractivity contribution < 1.29 is 69.6 Å². The summed E-state index contributed by atoms with van der Waals surface area (Å²) in [7, 11) is 0. The molecule has 7 heterocycles. The number of pyridine rings is 7. The number of carbonyl (C=O) groups excluding carboxylic acids is 5. The Morgan fingerprint density at radius 1 is 0.358 bits per heavy atom. The lowest BCUT2D eigenvalue weighted by Gasteiger charge is -2.11. The summed E-state index contributed by atoms with van der Waals surface area (Å²) in [6.45, 7) is 6.48. The van der Waals surface area contributed by atoms with Crippen molar-refractivity contribution in [2.45, 2.75) is 41.0 Å². The van der Waals surface area contributed by atoms with Crippen LogP contribution in [0.5, 0.6) is 57.5 Å². The number of hydrogen-bond donors (Lipinski definition) is 5. The molecule has 15 aromatic rings. The zero-order chi connectivity index (χ0) is 86.2. The fourth-order valence-corrected chi connectivity index (χ4v) is 10.9. The highest BCUT2D eigenvalue weighted by molar-refractivity contribution is 6.07. The number of nitrogens with zero attached hydrogens (tertiary/aromatic N) is 7. The van der Waals surface area contributed by atoms with Crippen LogP contribution in [0.1, 0.15) is 94.5 Å². The number of anilines is 5. The molecule has 0 aliphatic carbocycles. The maximum atomic E-state index is 13.8. The van der Waals surface area contributed by atoms with Crippen molar-refractivity contribution in [2.75, 3.05) is 26.6 Å². The number of hydrogen-bond acceptors (Lipinski definition) is 17. The van der Waals surface area contributed by atoms with E-state index >= 15 is 0 Å². The lowest BCUT2D eigenvalue weighted by Crippen LogP contribution is -2.17. The molecule has 0 saturated heterocycles. The first kappa shape index (κ1) is 88.7. The van der Waals surface area contributed by atoms with Gasteiger partial charge in [0.05, 0.1) is 30.5 Å². The third kappa shape index (κ3) is 28.3. The molecule has 0 aliphatic heterocycles. The summed E-state index contributed by atoms with van der Waals surface area (Å²) in [5.74, 6) is 0.551. The van der Waals surface area contributed by atoms with Gasteiger partial charge in [-0.3, -0.25) is 48.9 Å². The van der Waals surface area contributed by atoms with Crippen molar-refractivity contribution in [2.24, 2.45) is 0 Å². The van der Waals surface area contributed by atoms with Crippen LogP contribution in [0.4, 0.5) is 50.4 Å². The van der Waals surface area contributed by atoms with E-state index in [0.717, 1.165) is 23.7 Å². The summed E-state index contributed by atoms with van der Waals surface area (Å²) in [5, 5.41) is 13.4. The first-order chi connectivity index (χ1) is 59.0. The van der Waals surface area contributed by atoms with E-state index in [1.807, 2.05) is 75.4 Å². The van der Waals surface area contributed by atoms with Gasteiger partial charge in [0.25, 0.3) is 35.5 Å². The average molecular weight is 1650 g/mol. The molecule has 0 fully saturated rings. The van der Waals surface area contributed by atoms with Crippen LogP contribution in [0.25, 0.3) is 0 Å². The first-order valence-corrected chi connectivity index (χ1v) is 37.0. The van der Waals surface area contributed by atoms with Gasteiger partial charge in [-0.2, -0.15) is 8.78 Å². The highest BCUT2D eigenvalue weighted by Crippen LogP contribution is 2.32. The van der Waals surface area contributed by atoms with Crippen LogP contribution >= 0.6 is 0 Å². The molecule has 0 unspecified atom stereocenters. The molecule has 5 N–H and O–H groups in total. The summed E-state index contributed by atoms with van der Waals surface area (Å²) >= 11 is 0. The zero-order valence-electron chi connectivity index (χ0n) is 65.4. The molecule has 0 aliphatic rings. The Bertz CT molecular complexity index is 6160. The van der Waals surface area contributed by atoms with Crippen molar-refractivity contribution in [3.8, 4) is 69.8 Å². The summed E-state index contributed by atoms with van der Waals surface area (Å²) in [5.41, 5.74) is 6.33. The van der Waals surface area contributed by atoms with Crippen LogP contribution in [-0.2, 0) is 5.92 Å². The van der Waals surface area contributed by atoms with Crippen molar-refractivity contribution in [3.05, 3.63) is 409 Å². The maximum Gasteiger partial charge on any atom is 0.287 e. The fourth-order valence-electron chi connectivity index (χ4n) is 10.9. The number of halogens is 5. The van der Waals surface area contributed by atoms with Crippen LogP contribution in [0.3, 0.4) is 0 Å². The van der Waals surface area contributed by atoms with Crippen LogP contribution in [0.2, 0.25) is 0 Å². The Kier molecular flexibility index (Phi) is 31.8. The van der Waals surface area contributed by atoms with Crippen molar-refractivity contribution in [3.63, 3.8) is 0 Å². The highest BCUT2D eigenvalue weighted by Gasteiger charge is 2.27. The number of rotatable bonds is 21. The standard InChI is InChI=1S/C20H13FN2O2.C20H18N2O2.C19H15F2N3O2.C19H15FN2O2.C17H12FN3O2.CH4/c1-2-14-5-3-6-15(9-14)20(24)23-17-10-16(21)11-19(12-17)25-18-7-4-8-22-13-18;1-14-6-3-7-16(12-14)20(23)22-17-8-4-9-18(13-17)24-19-10-5-11-21-15(19)2;1-19(20,21)17-9-3-8-16(24-17)18(25)23-13-5-2-6-14(11-13)26-15-7-4-10-22-12-15;1-13-4-2-5-14(8-13)19(23)22-16-9-15(20)10-18(11-16)24-17-6-3-7-21-12-17;18-15-7-3-9-20-16(15)17(22)21-12-4-1-5-13(10-12)23-14-6-2-8-19-11-14;/h1,3-13H,(H,23,24);3-13H,1-2H3,(H,22,23);2-12H,1H3,(H,23,25);2-12H,1H3,(H,22,23);1-11H,(H,21,22);1H4. The van der Waals surface area contributed by atoms with E-state index in [-0.39, 0.29) is 47.8 Å². The van der Waals surface area contributed by atoms with Gasteiger partial charge in [0.1, 0.15) is 80.5 Å². The number of amides is 5. The average Bonchev–Trinajstić information content (AvgIpc) is 0.847. The monoisotopic (exact) mass is 1650 g/mol. The molecule has 0 radical (unpaired) electrons. The van der Waals surface area contributed by atoms with Crippen molar-refractivity contribution in [1.29, 1.82) is 0 Å². The number of nitrogens with one attached hydrogen (secondary N) is 5. The molecule has 0 atom stereocenters. The lowest BCUT2D eigenvalue weighted by atomic mass is 10.1. The van der Waals surface area contributed by atoms with Crippen LogP contribution in [0, 0.1) is 50.6 Å². The van der Waals surface area contributed by atoms with Gasteiger partial charge in [-0.05, 0) is 197 Å². The SMILES string of the molecule is C.C#Cc1cccc(C(=O)Nc2cc(F)cc(Oc3cccnc3)c2)c1.CC(F)(F)c1cccc(C(=O)Nc2cccc(Oc3cccnc3)c2)n1.Cc1cccc(C(=O)Nc2cc(F)cc(Oc3cccnc3)c2)c1.Cc1cccc(C(=O)Nc2cccc(Oc3cccnc3C)c2)c1.O=C(Nc1cccc(Oc2cccnc2)c1)c1ncccc1F. The molecule has 22 nitrogen and oxygen atoms in total. The van der Waals surface area contributed by atoms with Gasteiger partial charge in [-0.1, -0.05) is 79.1 Å². The van der Waals surface area contributed by atoms with E-state index in [0.29, 0.717) is 91.0 Å². The Morgan fingerprint density at radius 2 is 0.732 bits per heavy atom. The Labute approximate surface area is 704 Å². The van der Waals surface area contributed by atoms with Gasteiger partial charge in [0.15, 0.2) is 11.5 Å². The molecule has 27 heteroatoms. The molecule has 0 bridgehead atoms. The van der Waals surface area contributed by atoms with Crippen LogP contribution in [0.15, 0.2) is 335 Å². The van der Waals surface area contributed by atoms with Gasteiger partial charge in [-0.15, -0.1) is 6.42 Å². The third-order valence-corrected chi connectivity index (χ3v) is 16.5. The normalized spacial score (nSPS) is 10.2. The largest absolute Gasteiger partial charge is 0.456 e. The molecule has 15 rings (SSSR count). The Balaban J connectivity index is 0.000000161. The minimum absolute atomic E-state index is 0. The van der Waals surface area contributed by atoms with Crippen molar-refractivity contribution in [1.82, 2.24) is 34.9 Å². The number of carbonyl (C=O) groups is 5. The van der Waals surface area contributed by atoms with Gasteiger partial charge >= 0.3 is 0 Å². The Morgan fingerprint density at radius 3 is 1.16 bits per heavy atom. The first-order valence-electron chi connectivity index (χ1n) is 37.0. The molecule has 123 heavy (non-hydrogen) atoms. The predicted molar refractivity (Wildman–Crippen MR) is 460 cm³/mol. The maximum absolute atomic E-state index is 13.8. The molecule has 8 aromatic carbocycles. The quantitative estimate of drug-likeness (QED) is 0.0330. The number of benzene rings is 8. The molecule has 5 amide bonds.